The summed E-state index contributed by atoms with van der Waals surface area (Å²) < 4.78 is 4.69. The van der Waals surface area contributed by atoms with E-state index in [1.54, 1.807) is 55.5 Å². The number of nitrogens with zero attached hydrogens (tertiary/aromatic N) is 2. The zero-order valence-electron chi connectivity index (χ0n) is 14.5. The predicted octanol–water partition coefficient (Wildman–Crippen LogP) is 2.62. The summed E-state index contributed by atoms with van der Waals surface area (Å²) in [6.45, 7) is 1.67. The number of hydrogen-bond acceptors (Lipinski definition) is 5. The minimum atomic E-state index is -0.906. The summed E-state index contributed by atoms with van der Waals surface area (Å²) >= 11 is 0. The molecule has 3 rings (SSSR count). The Balaban J connectivity index is 1.78. The molecule has 26 heavy (non-hydrogen) atoms. The number of carbonyl (C=O) groups is 3. The van der Waals surface area contributed by atoms with E-state index in [1.165, 1.54) is 12.1 Å². The van der Waals surface area contributed by atoms with Crippen LogP contribution < -0.4 is 5.01 Å². The van der Waals surface area contributed by atoms with E-state index < -0.39 is 11.9 Å². The number of esters is 1. The van der Waals surface area contributed by atoms with Gasteiger partial charge in [-0.3, -0.25) is 9.59 Å². The van der Waals surface area contributed by atoms with Crippen LogP contribution in [0.15, 0.2) is 59.7 Å². The van der Waals surface area contributed by atoms with Gasteiger partial charge in [0.05, 0.1) is 24.1 Å². The lowest BCUT2D eigenvalue weighted by molar-refractivity contribution is -0.128. The Morgan fingerprint density at radius 2 is 1.85 bits per heavy atom. The molecule has 0 saturated heterocycles. The maximum Gasteiger partial charge on any atom is 0.337 e. The number of ether oxygens (including phenoxy) is 1. The third-order valence-corrected chi connectivity index (χ3v) is 4.18. The SMILES string of the molecule is COC(=O)c1cccc(CC(=O)C2C(=O)N(c3ccccc3)N=C2C)c1. The van der Waals surface area contributed by atoms with Gasteiger partial charge in [0.25, 0.3) is 5.91 Å². The van der Waals surface area contributed by atoms with Crippen molar-refractivity contribution in [3.05, 3.63) is 65.7 Å². The second-order valence-corrected chi connectivity index (χ2v) is 6.00. The number of para-hydroxylation sites is 1. The molecule has 0 saturated carbocycles. The molecule has 1 atom stereocenters. The van der Waals surface area contributed by atoms with E-state index in [4.69, 9.17) is 0 Å². The standard InChI is InChI=1S/C20H18N2O4/c1-13-18(19(24)22(21-13)16-9-4-3-5-10-16)17(23)12-14-7-6-8-15(11-14)20(25)26-2/h3-11,18H,12H2,1-2H3. The maximum absolute atomic E-state index is 12.7. The van der Waals surface area contributed by atoms with Crippen LogP contribution in [-0.4, -0.2) is 30.5 Å². The van der Waals surface area contributed by atoms with Crippen molar-refractivity contribution in [3.8, 4) is 0 Å². The number of Topliss-reactive ketones (excluding diaryl/α,β-unsaturated/α-hetero) is 1. The highest BCUT2D eigenvalue weighted by Crippen LogP contribution is 2.25. The Bertz CT molecular complexity index is 890. The molecule has 0 aliphatic carbocycles. The Hall–Kier alpha value is -3.28. The molecule has 2 aromatic carbocycles. The van der Waals surface area contributed by atoms with Crippen LogP contribution in [0.2, 0.25) is 0 Å². The molecule has 0 spiro atoms. The molecule has 6 heteroatoms. The van der Waals surface area contributed by atoms with Crippen LogP contribution in [0.5, 0.6) is 0 Å². The van der Waals surface area contributed by atoms with Gasteiger partial charge in [-0.25, -0.2) is 4.79 Å². The van der Waals surface area contributed by atoms with Gasteiger partial charge >= 0.3 is 5.97 Å². The molecule has 132 valence electrons. The lowest BCUT2D eigenvalue weighted by Gasteiger charge is -2.14. The van der Waals surface area contributed by atoms with Gasteiger partial charge in [-0.1, -0.05) is 30.3 Å². The largest absolute Gasteiger partial charge is 0.465 e. The molecule has 1 amide bonds. The Labute approximate surface area is 151 Å². The van der Waals surface area contributed by atoms with E-state index in [-0.39, 0.29) is 18.1 Å². The molecule has 0 N–H and O–H groups in total. The van der Waals surface area contributed by atoms with Crippen LogP contribution in [0.4, 0.5) is 5.69 Å². The van der Waals surface area contributed by atoms with Crippen molar-refractivity contribution in [1.82, 2.24) is 0 Å². The van der Waals surface area contributed by atoms with Gasteiger partial charge in [0.15, 0.2) is 5.78 Å². The monoisotopic (exact) mass is 350 g/mol. The number of anilines is 1. The Morgan fingerprint density at radius 3 is 2.54 bits per heavy atom. The molecule has 0 aromatic heterocycles. The predicted molar refractivity (Wildman–Crippen MR) is 97.0 cm³/mol. The number of ketones is 1. The lowest BCUT2D eigenvalue weighted by atomic mass is 9.93. The molecule has 1 aliphatic rings. The maximum atomic E-state index is 12.7. The van der Waals surface area contributed by atoms with Crippen molar-refractivity contribution in [3.63, 3.8) is 0 Å². The summed E-state index contributed by atoms with van der Waals surface area (Å²) in [5.41, 5.74) is 2.11. The van der Waals surface area contributed by atoms with Crippen molar-refractivity contribution in [2.75, 3.05) is 12.1 Å². The topological polar surface area (TPSA) is 76.0 Å². The average Bonchev–Trinajstić information content (AvgIpc) is 2.96. The summed E-state index contributed by atoms with van der Waals surface area (Å²) in [6, 6.07) is 15.6. The fourth-order valence-corrected chi connectivity index (χ4v) is 2.92. The van der Waals surface area contributed by atoms with Gasteiger partial charge in [0.1, 0.15) is 5.92 Å². The van der Waals surface area contributed by atoms with E-state index >= 15 is 0 Å². The number of hydrazone groups is 1. The fourth-order valence-electron chi connectivity index (χ4n) is 2.92. The number of carbonyl (C=O) groups excluding carboxylic acids is 3. The second-order valence-electron chi connectivity index (χ2n) is 6.00. The van der Waals surface area contributed by atoms with Crippen molar-refractivity contribution < 1.29 is 19.1 Å². The van der Waals surface area contributed by atoms with Crippen LogP contribution >= 0.6 is 0 Å². The van der Waals surface area contributed by atoms with E-state index in [1.807, 2.05) is 6.07 Å². The van der Waals surface area contributed by atoms with E-state index in [2.05, 4.69) is 9.84 Å². The first-order chi connectivity index (χ1) is 12.5. The van der Waals surface area contributed by atoms with Gasteiger partial charge in [-0.15, -0.1) is 0 Å². The molecule has 1 aliphatic heterocycles. The van der Waals surface area contributed by atoms with Gasteiger partial charge < -0.3 is 4.74 Å². The molecule has 0 fully saturated rings. The van der Waals surface area contributed by atoms with Crippen molar-refractivity contribution >= 4 is 29.1 Å². The van der Waals surface area contributed by atoms with Crippen LogP contribution in [0.3, 0.4) is 0 Å². The quantitative estimate of drug-likeness (QED) is 0.614. The summed E-state index contributed by atoms with van der Waals surface area (Å²) in [5, 5.41) is 5.52. The highest BCUT2D eigenvalue weighted by molar-refractivity contribution is 6.27. The van der Waals surface area contributed by atoms with Crippen molar-refractivity contribution in [1.29, 1.82) is 0 Å². The minimum Gasteiger partial charge on any atom is -0.465 e. The first-order valence-electron chi connectivity index (χ1n) is 8.15. The lowest BCUT2D eigenvalue weighted by Crippen LogP contribution is -2.33. The van der Waals surface area contributed by atoms with E-state index in [9.17, 15) is 14.4 Å². The average molecular weight is 350 g/mol. The zero-order chi connectivity index (χ0) is 18.7. The van der Waals surface area contributed by atoms with Crippen molar-refractivity contribution in [2.24, 2.45) is 11.0 Å². The molecule has 6 nitrogen and oxygen atoms in total. The van der Waals surface area contributed by atoms with Crippen LogP contribution in [0, 0.1) is 5.92 Å². The molecular weight excluding hydrogens is 332 g/mol. The highest BCUT2D eigenvalue weighted by Gasteiger charge is 2.39. The number of amides is 1. The summed E-state index contributed by atoms with van der Waals surface area (Å²) in [6.07, 6.45) is 0.0384. The molecule has 0 radical (unpaired) electrons. The number of methoxy groups -OCH3 is 1. The smallest absolute Gasteiger partial charge is 0.337 e. The van der Waals surface area contributed by atoms with Crippen LogP contribution in [-0.2, 0) is 20.7 Å². The van der Waals surface area contributed by atoms with Crippen molar-refractivity contribution in [2.45, 2.75) is 13.3 Å². The number of benzene rings is 2. The zero-order valence-corrected chi connectivity index (χ0v) is 14.5. The third-order valence-electron chi connectivity index (χ3n) is 4.18. The highest BCUT2D eigenvalue weighted by atomic mass is 16.5. The number of rotatable bonds is 5. The summed E-state index contributed by atoms with van der Waals surface area (Å²) in [7, 11) is 1.30. The van der Waals surface area contributed by atoms with E-state index in [0.717, 1.165) is 0 Å². The molecular formula is C20H18N2O4. The van der Waals surface area contributed by atoms with E-state index in [0.29, 0.717) is 22.5 Å². The summed E-state index contributed by atoms with van der Waals surface area (Å²) in [5.74, 6) is -1.99. The van der Waals surface area contributed by atoms with Gasteiger partial charge in [-0.2, -0.15) is 10.1 Å². The van der Waals surface area contributed by atoms with Gasteiger partial charge in [-0.05, 0) is 36.8 Å². The van der Waals surface area contributed by atoms with Crippen LogP contribution in [0.25, 0.3) is 0 Å². The van der Waals surface area contributed by atoms with Gasteiger partial charge in [0, 0.05) is 6.42 Å². The first kappa shape index (κ1) is 17.5. The van der Waals surface area contributed by atoms with Gasteiger partial charge in [0.2, 0.25) is 0 Å². The number of hydrogen-bond donors (Lipinski definition) is 0. The molecule has 2 aromatic rings. The fraction of sp³-hybridized carbons (Fsp3) is 0.200. The third kappa shape index (κ3) is 3.39. The Morgan fingerprint density at radius 1 is 1.12 bits per heavy atom. The molecule has 1 unspecified atom stereocenters. The minimum absolute atomic E-state index is 0.0384. The molecule has 0 bridgehead atoms. The second kappa shape index (κ2) is 7.31. The normalized spacial score (nSPS) is 16.4. The van der Waals surface area contributed by atoms with Crippen LogP contribution in [0.1, 0.15) is 22.8 Å². The molecule has 1 heterocycles. The first-order valence-corrected chi connectivity index (χ1v) is 8.15. The summed E-state index contributed by atoms with van der Waals surface area (Å²) in [4.78, 5) is 37.0. The Kier molecular flexibility index (Phi) is 4.93.